The molecule has 0 amide bonds. The summed E-state index contributed by atoms with van der Waals surface area (Å²) in [4.78, 5) is 39.5. The third-order valence-corrected chi connectivity index (χ3v) is 5.62. The first-order valence-electron chi connectivity index (χ1n) is 9.46. The molecule has 0 aromatic heterocycles. The van der Waals surface area contributed by atoms with Gasteiger partial charge in [0.05, 0.1) is 27.9 Å². The van der Waals surface area contributed by atoms with E-state index in [4.69, 9.17) is 14.2 Å². The van der Waals surface area contributed by atoms with Gasteiger partial charge in [0.1, 0.15) is 0 Å². The van der Waals surface area contributed by atoms with Gasteiger partial charge in [-0.25, -0.2) is 0 Å². The van der Waals surface area contributed by atoms with Gasteiger partial charge in [-0.15, -0.1) is 0 Å². The van der Waals surface area contributed by atoms with Crippen molar-refractivity contribution in [2.45, 2.75) is 39.6 Å². The molecular formula is C21H28O6Si. The van der Waals surface area contributed by atoms with Crippen molar-refractivity contribution in [1.82, 2.24) is 0 Å². The average molecular weight is 405 g/mol. The predicted molar refractivity (Wildman–Crippen MR) is 108 cm³/mol. The fraction of sp³-hybridized carbons (Fsp3) is 0.476. The predicted octanol–water partition coefficient (Wildman–Crippen LogP) is 3.18. The number of carbonyl (C=O) groups excluding carboxylic acids is 3. The second kappa shape index (κ2) is 8.83. The Morgan fingerprint density at radius 2 is 1.61 bits per heavy atom. The van der Waals surface area contributed by atoms with Gasteiger partial charge in [-0.2, -0.15) is 0 Å². The minimum absolute atomic E-state index is 0.00510. The third-order valence-electron chi connectivity index (χ3n) is 4.40. The number of hydrogen-bond acceptors (Lipinski definition) is 6. The lowest BCUT2D eigenvalue weighted by atomic mass is 9.75. The van der Waals surface area contributed by atoms with Crippen LogP contribution in [0, 0.1) is 5.41 Å². The molecule has 152 valence electrons. The highest BCUT2D eigenvalue weighted by molar-refractivity contribution is 6.81. The third kappa shape index (κ3) is 4.25. The van der Waals surface area contributed by atoms with Crippen LogP contribution in [-0.4, -0.2) is 51.7 Å². The molecule has 1 aliphatic heterocycles. The summed E-state index contributed by atoms with van der Waals surface area (Å²) < 4.78 is 16.3. The van der Waals surface area contributed by atoms with Crippen molar-refractivity contribution >= 4 is 25.8 Å². The molecule has 6 nitrogen and oxygen atoms in total. The minimum atomic E-state index is -1.92. The van der Waals surface area contributed by atoms with Gasteiger partial charge in [-0.1, -0.05) is 55.7 Å². The van der Waals surface area contributed by atoms with Crippen LogP contribution in [0.3, 0.4) is 0 Å². The summed E-state index contributed by atoms with van der Waals surface area (Å²) in [6.45, 7) is 9.70. The Hall–Kier alpha value is -2.25. The fourth-order valence-electron chi connectivity index (χ4n) is 3.33. The van der Waals surface area contributed by atoms with E-state index in [1.54, 1.807) is 44.2 Å². The summed E-state index contributed by atoms with van der Waals surface area (Å²) in [5.74, 6) is -2.05. The lowest BCUT2D eigenvalue weighted by Gasteiger charge is -2.30. The number of hydrogen-bond donors (Lipinski definition) is 0. The second-order valence-corrected chi connectivity index (χ2v) is 12.7. The minimum Gasteiger partial charge on any atom is -0.465 e. The van der Waals surface area contributed by atoms with E-state index in [1.807, 2.05) is 5.70 Å². The number of benzene rings is 1. The maximum Gasteiger partial charge on any atom is 0.331 e. The smallest absolute Gasteiger partial charge is 0.331 e. The highest BCUT2D eigenvalue weighted by atomic mass is 28.3. The summed E-state index contributed by atoms with van der Waals surface area (Å²) in [5.41, 5.74) is 0.829. The summed E-state index contributed by atoms with van der Waals surface area (Å²) in [6, 6.07) is 8.49. The van der Waals surface area contributed by atoms with Gasteiger partial charge >= 0.3 is 11.9 Å². The lowest BCUT2D eigenvalue weighted by molar-refractivity contribution is -0.171. The standard InChI is InChI=1S/C21H28O6Si/c1-6-25-19(23)21(20(24)26-7-2)16(14-28(3,4)5)13-27-18(21)17(22)15-11-9-8-10-12-15/h8-12,14,18H,6-7,13H2,1-5H3/b16-14+. The van der Waals surface area contributed by atoms with Crippen LogP contribution in [0.4, 0.5) is 0 Å². The zero-order chi connectivity index (χ0) is 20.9. The number of rotatable bonds is 7. The van der Waals surface area contributed by atoms with Crippen LogP contribution in [0.1, 0.15) is 24.2 Å². The SMILES string of the molecule is CCOC(=O)C1(C(=O)OCC)/C(=C/[Si](C)(C)C)COC1C(=O)c1ccccc1. The molecule has 1 aliphatic rings. The van der Waals surface area contributed by atoms with Crippen molar-refractivity contribution in [3.8, 4) is 0 Å². The average Bonchev–Trinajstić information content (AvgIpc) is 3.00. The van der Waals surface area contributed by atoms with E-state index in [9.17, 15) is 14.4 Å². The summed E-state index contributed by atoms with van der Waals surface area (Å²) in [6.07, 6.45) is -1.32. The van der Waals surface area contributed by atoms with Crippen LogP contribution >= 0.6 is 0 Å². The molecule has 1 saturated heterocycles. The first-order chi connectivity index (χ1) is 13.2. The van der Waals surface area contributed by atoms with Gasteiger partial charge in [0.25, 0.3) is 0 Å². The first-order valence-corrected chi connectivity index (χ1v) is 13.0. The number of ketones is 1. The fourth-order valence-corrected chi connectivity index (χ4v) is 4.69. The van der Waals surface area contributed by atoms with Crippen LogP contribution in [0.2, 0.25) is 19.6 Å². The molecule has 1 heterocycles. The second-order valence-electron chi connectivity index (χ2n) is 7.71. The Bertz CT molecular complexity index is 745. The van der Waals surface area contributed by atoms with Gasteiger partial charge in [0, 0.05) is 5.56 Å². The van der Waals surface area contributed by atoms with Crippen LogP contribution in [-0.2, 0) is 23.8 Å². The molecule has 1 atom stereocenters. The van der Waals surface area contributed by atoms with Crippen LogP contribution in [0.5, 0.6) is 0 Å². The molecule has 2 rings (SSSR count). The number of ether oxygens (including phenoxy) is 3. The highest BCUT2D eigenvalue weighted by Gasteiger charge is 2.64. The molecule has 0 radical (unpaired) electrons. The van der Waals surface area contributed by atoms with E-state index in [-0.39, 0.29) is 19.8 Å². The van der Waals surface area contributed by atoms with Crippen LogP contribution in [0.25, 0.3) is 0 Å². The molecular weight excluding hydrogens is 376 g/mol. The Morgan fingerprint density at radius 1 is 1.07 bits per heavy atom. The van der Waals surface area contributed by atoms with Crippen LogP contribution < -0.4 is 0 Å². The van der Waals surface area contributed by atoms with Gasteiger partial charge < -0.3 is 14.2 Å². The molecule has 0 spiro atoms. The maximum atomic E-state index is 13.2. The summed E-state index contributed by atoms with van der Waals surface area (Å²) >= 11 is 0. The van der Waals surface area contributed by atoms with Crippen molar-refractivity contribution in [2.24, 2.45) is 5.41 Å². The Balaban J connectivity index is 2.68. The number of Topliss-reactive ketones (excluding diaryl/α,β-unsaturated/α-hetero) is 1. The van der Waals surface area contributed by atoms with E-state index in [0.717, 1.165) is 0 Å². The van der Waals surface area contributed by atoms with Crippen molar-refractivity contribution in [3.63, 3.8) is 0 Å². The van der Waals surface area contributed by atoms with E-state index in [1.165, 1.54) is 0 Å². The van der Waals surface area contributed by atoms with E-state index >= 15 is 0 Å². The zero-order valence-electron chi connectivity index (χ0n) is 17.1. The number of esters is 2. The molecule has 1 aromatic rings. The van der Waals surface area contributed by atoms with Crippen molar-refractivity contribution < 1.29 is 28.6 Å². The zero-order valence-corrected chi connectivity index (χ0v) is 18.1. The number of carbonyl (C=O) groups is 3. The Morgan fingerprint density at radius 3 is 2.07 bits per heavy atom. The molecule has 1 fully saturated rings. The van der Waals surface area contributed by atoms with Crippen molar-refractivity contribution in [3.05, 3.63) is 47.2 Å². The molecule has 0 N–H and O–H groups in total. The molecule has 0 bridgehead atoms. The van der Waals surface area contributed by atoms with Gasteiger partial charge in [0.15, 0.2) is 11.9 Å². The van der Waals surface area contributed by atoms with E-state index in [0.29, 0.717) is 11.1 Å². The van der Waals surface area contributed by atoms with Crippen molar-refractivity contribution in [2.75, 3.05) is 19.8 Å². The largest absolute Gasteiger partial charge is 0.465 e. The van der Waals surface area contributed by atoms with Gasteiger partial charge in [-0.05, 0) is 19.4 Å². The van der Waals surface area contributed by atoms with Crippen molar-refractivity contribution in [1.29, 1.82) is 0 Å². The molecule has 28 heavy (non-hydrogen) atoms. The molecule has 1 unspecified atom stereocenters. The topological polar surface area (TPSA) is 78.9 Å². The lowest BCUT2D eigenvalue weighted by Crippen LogP contribution is -2.52. The van der Waals surface area contributed by atoms with Gasteiger partial charge in [0.2, 0.25) is 5.41 Å². The Labute approximate surface area is 166 Å². The first kappa shape index (κ1) is 22.0. The van der Waals surface area contributed by atoms with E-state index in [2.05, 4.69) is 19.6 Å². The molecule has 1 aromatic carbocycles. The Kier molecular flexibility index (Phi) is 6.95. The maximum absolute atomic E-state index is 13.2. The van der Waals surface area contributed by atoms with E-state index < -0.39 is 37.3 Å². The quantitative estimate of drug-likeness (QED) is 0.301. The normalized spacial score (nSPS) is 20.0. The van der Waals surface area contributed by atoms with Gasteiger partial charge in [-0.3, -0.25) is 14.4 Å². The summed E-state index contributed by atoms with van der Waals surface area (Å²) in [7, 11) is -1.86. The molecule has 0 aliphatic carbocycles. The summed E-state index contributed by atoms with van der Waals surface area (Å²) in [5, 5.41) is 0. The molecule has 7 heteroatoms. The highest BCUT2D eigenvalue weighted by Crippen LogP contribution is 2.44. The molecule has 0 saturated carbocycles. The van der Waals surface area contributed by atoms with Crippen LogP contribution in [0.15, 0.2) is 41.6 Å². The monoisotopic (exact) mass is 404 g/mol.